The van der Waals surface area contributed by atoms with Gasteiger partial charge in [0.25, 0.3) is 5.91 Å². The van der Waals surface area contributed by atoms with Gasteiger partial charge in [-0.1, -0.05) is 11.6 Å². The maximum atomic E-state index is 11.9. The molecule has 0 aliphatic carbocycles. The number of carbonyl (C=O) groups is 1. The maximum Gasteiger partial charge on any atom is 0.251 e. The lowest BCUT2D eigenvalue weighted by Crippen LogP contribution is -2.24. The summed E-state index contributed by atoms with van der Waals surface area (Å²) in [6, 6.07) is 4.39. The van der Waals surface area contributed by atoms with Crippen molar-refractivity contribution in [2.24, 2.45) is 0 Å². The van der Waals surface area contributed by atoms with Crippen molar-refractivity contribution in [3.8, 4) is 5.75 Å². The van der Waals surface area contributed by atoms with Crippen molar-refractivity contribution in [3.63, 3.8) is 0 Å². The van der Waals surface area contributed by atoms with Crippen molar-refractivity contribution in [2.45, 2.75) is 20.0 Å². The summed E-state index contributed by atoms with van der Waals surface area (Å²) in [5, 5.41) is 12.4. The zero-order valence-electron chi connectivity index (χ0n) is 10.4. The van der Waals surface area contributed by atoms with Gasteiger partial charge >= 0.3 is 0 Å². The summed E-state index contributed by atoms with van der Waals surface area (Å²) in [5.41, 5.74) is 1.29. The van der Waals surface area contributed by atoms with E-state index in [1.165, 1.54) is 12.1 Å². The summed E-state index contributed by atoms with van der Waals surface area (Å²) >= 11 is 5.69. The third kappa shape index (κ3) is 3.06. The van der Waals surface area contributed by atoms with Crippen molar-refractivity contribution in [2.75, 3.05) is 0 Å². The molecule has 0 radical (unpaired) electrons. The van der Waals surface area contributed by atoms with Crippen LogP contribution < -0.4 is 5.32 Å². The Morgan fingerprint density at radius 1 is 1.53 bits per heavy atom. The number of nitrogens with one attached hydrogen (secondary N) is 1. The molecule has 0 saturated heterocycles. The minimum atomic E-state index is -0.268. The summed E-state index contributed by atoms with van der Waals surface area (Å²) in [6.07, 6.45) is 3.43. The van der Waals surface area contributed by atoms with Crippen molar-refractivity contribution in [1.29, 1.82) is 0 Å². The number of nitrogens with zero attached hydrogens (tertiary/aromatic N) is 2. The normalized spacial score (nSPS) is 10.4. The quantitative estimate of drug-likeness (QED) is 0.901. The van der Waals surface area contributed by atoms with Gasteiger partial charge in [0.15, 0.2) is 0 Å². The van der Waals surface area contributed by atoms with Crippen LogP contribution in [0.4, 0.5) is 0 Å². The Kier molecular flexibility index (Phi) is 4.06. The average molecular weight is 280 g/mol. The number of imidazole rings is 1. The van der Waals surface area contributed by atoms with Gasteiger partial charge in [0.1, 0.15) is 5.75 Å². The molecule has 0 atom stereocenters. The highest BCUT2D eigenvalue weighted by Gasteiger charge is 2.09. The zero-order chi connectivity index (χ0) is 13.8. The van der Waals surface area contributed by atoms with Crippen LogP contribution in [0, 0.1) is 0 Å². The van der Waals surface area contributed by atoms with E-state index in [4.69, 9.17) is 11.6 Å². The summed E-state index contributed by atoms with van der Waals surface area (Å²) in [6.45, 7) is 3.19. The summed E-state index contributed by atoms with van der Waals surface area (Å²) < 4.78 is 1.94. The highest BCUT2D eigenvalue weighted by atomic mass is 35.5. The second kappa shape index (κ2) is 5.75. The van der Waals surface area contributed by atoms with E-state index in [9.17, 15) is 9.90 Å². The first-order valence-electron chi connectivity index (χ1n) is 5.87. The molecule has 1 amide bonds. The number of hydrogen-bond donors (Lipinski definition) is 2. The summed E-state index contributed by atoms with van der Waals surface area (Å²) in [4.78, 5) is 15.9. The van der Waals surface area contributed by atoms with Crippen LogP contribution >= 0.6 is 11.6 Å². The predicted octanol–water partition coefficient (Wildman–Crippen LogP) is 2.19. The van der Waals surface area contributed by atoms with Gasteiger partial charge in [-0.25, -0.2) is 4.98 Å². The van der Waals surface area contributed by atoms with Gasteiger partial charge in [0.05, 0.1) is 23.6 Å². The van der Waals surface area contributed by atoms with Crippen LogP contribution in [0.1, 0.15) is 23.0 Å². The SMILES string of the molecule is CCn1cncc1CNC(=O)c1ccc(Cl)c(O)c1. The minimum Gasteiger partial charge on any atom is -0.506 e. The molecule has 1 aromatic heterocycles. The lowest BCUT2D eigenvalue weighted by atomic mass is 10.2. The van der Waals surface area contributed by atoms with Crippen molar-refractivity contribution in [3.05, 3.63) is 47.0 Å². The van der Waals surface area contributed by atoms with Crippen LogP contribution in [0.25, 0.3) is 0 Å². The molecule has 0 bridgehead atoms. The number of hydrogen-bond acceptors (Lipinski definition) is 3. The van der Waals surface area contributed by atoms with Gasteiger partial charge in [-0.05, 0) is 25.1 Å². The van der Waals surface area contributed by atoms with Crippen molar-refractivity contribution >= 4 is 17.5 Å². The second-order valence-corrected chi connectivity index (χ2v) is 4.43. The number of amides is 1. The number of aryl methyl sites for hydroxylation is 1. The first-order valence-corrected chi connectivity index (χ1v) is 6.25. The van der Waals surface area contributed by atoms with Crippen LogP contribution in [-0.4, -0.2) is 20.6 Å². The molecule has 6 heteroatoms. The maximum absolute atomic E-state index is 11.9. The molecule has 2 rings (SSSR count). The molecule has 1 aromatic carbocycles. The highest BCUT2D eigenvalue weighted by Crippen LogP contribution is 2.23. The molecule has 0 saturated carbocycles. The highest BCUT2D eigenvalue weighted by molar-refractivity contribution is 6.32. The number of phenols is 1. The van der Waals surface area contributed by atoms with E-state index in [0.717, 1.165) is 12.2 Å². The van der Waals surface area contributed by atoms with E-state index in [1.54, 1.807) is 18.6 Å². The van der Waals surface area contributed by atoms with Crippen LogP contribution in [0.2, 0.25) is 5.02 Å². The van der Waals surface area contributed by atoms with Gasteiger partial charge in [0, 0.05) is 18.3 Å². The number of phenolic OH excluding ortho intramolecular Hbond substituents is 1. The molecular weight excluding hydrogens is 266 g/mol. The monoisotopic (exact) mass is 279 g/mol. The van der Waals surface area contributed by atoms with E-state index in [1.807, 2.05) is 11.5 Å². The molecular formula is C13H14ClN3O2. The fourth-order valence-electron chi connectivity index (χ4n) is 1.71. The average Bonchev–Trinajstić information content (AvgIpc) is 2.86. The van der Waals surface area contributed by atoms with E-state index < -0.39 is 0 Å². The Morgan fingerprint density at radius 3 is 3.00 bits per heavy atom. The van der Waals surface area contributed by atoms with Crippen LogP contribution in [-0.2, 0) is 13.1 Å². The molecule has 100 valence electrons. The second-order valence-electron chi connectivity index (χ2n) is 4.02. The standard InChI is InChI=1S/C13H14ClN3O2/c1-2-17-8-15-6-10(17)7-16-13(19)9-3-4-11(14)12(18)5-9/h3-6,8,18H,2,7H2,1H3,(H,16,19). The smallest absolute Gasteiger partial charge is 0.251 e. The zero-order valence-corrected chi connectivity index (χ0v) is 11.2. The van der Waals surface area contributed by atoms with E-state index in [2.05, 4.69) is 10.3 Å². The summed E-state index contributed by atoms with van der Waals surface area (Å²) in [5.74, 6) is -0.372. The Morgan fingerprint density at radius 2 is 2.32 bits per heavy atom. The molecule has 2 N–H and O–H groups in total. The Labute approximate surface area is 115 Å². The number of benzene rings is 1. The lowest BCUT2D eigenvalue weighted by Gasteiger charge is -2.08. The molecule has 0 fully saturated rings. The minimum absolute atomic E-state index is 0.104. The van der Waals surface area contributed by atoms with Gasteiger partial charge in [0.2, 0.25) is 0 Å². The third-order valence-electron chi connectivity index (χ3n) is 2.78. The first kappa shape index (κ1) is 13.4. The van der Waals surface area contributed by atoms with Crippen molar-refractivity contribution in [1.82, 2.24) is 14.9 Å². The number of aromatic hydroxyl groups is 1. The molecule has 5 nitrogen and oxygen atoms in total. The Balaban J connectivity index is 2.03. The summed E-state index contributed by atoms with van der Waals surface area (Å²) in [7, 11) is 0. The van der Waals surface area contributed by atoms with Gasteiger partial charge in [-0.15, -0.1) is 0 Å². The Hall–Kier alpha value is -2.01. The van der Waals surface area contributed by atoms with E-state index >= 15 is 0 Å². The lowest BCUT2D eigenvalue weighted by molar-refractivity contribution is 0.0949. The van der Waals surface area contributed by atoms with Crippen LogP contribution in [0.15, 0.2) is 30.7 Å². The number of rotatable bonds is 4. The molecule has 1 heterocycles. The van der Waals surface area contributed by atoms with E-state index in [-0.39, 0.29) is 16.7 Å². The van der Waals surface area contributed by atoms with Gasteiger partial charge < -0.3 is 15.0 Å². The molecule has 0 aliphatic heterocycles. The largest absolute Gasteiger partial charge is 0.506 e. The molecule has 0 unspecified atom stereocenters. The van der Waals surface area contributed by atoms with Gasteiger partial charge in [-0.2, -0.15) is 0 Å². The fraction of sp³-hybridized carbons (Fsp3) is 0.231. The van der Waals surface area contributed by atoms with Crippen molar-refractivity contribution < 1.29 is 9.90 Å². The molecule has 0 aliphatic rings. The number of carbonyl (C=O) groups excluding carboxylic acids is 1. The topological polar surface area (TPSA) is 67.2 Å². The van der Waals surface area contributed by atoms with E-state index in [0.29, 0.717) is 12.1 Å². The first-order chi connectivity index (χ1) is 9.11. The van der Waals surface area contributed by atoms with Gasteiger partial charge in [-0.3, -0.25) is 4.79 Å². The van der Waals surface area contributed by atoms with Crippen LogP contribution in [0.5, 0.6) is 5.75 Å². The molecule has 2 aromatic rings. The predicted molar refractivity (Wildman–Crippen MR) is 72.2 cm³/mol. The number of aromatic nitrogens is 2. The Bertz CT molecular complexity index is 595. The number of halogens is 1. The fourth-order valence-corrected chi connectivity index (χ4v) is 1.82. The van der Waals surface area contributed by atoms with Crippen LogP contribution in [0.3, 0.4) is 0 Å². The molecule has 19 heavy (non-hydrogen) atoms. The molecule has 0 spiro atoms. The third-order valence-corrected chi connectivity index (χ3v) is 3.10.